The van der Waals surface area contributed by atoms with E-state index >= 15 is 0 Å². The molecule has 0 aliphatic rings. The van der Waals surface area contributed by atoms with Gasteiger partial charge in [0.1, 0.15) is 10.7 Å². The van der Waals surface area contributed by atoms with Gasteiger partial charge in [-0.15, -0.1) is 0 Å². The molecule has 0 radical (unpaired) electrons. The van der Waals surface area contributed by atoms with Gasteiger partial charge < -0.3 is 4.74 Å². The van der Waals surface area contributed by atoms with Crippen LogP contribution >= 0.6 is 0 Å². The Morgan fingerprint density at radius 1 is 1.05 bits per heavy atom. The van der Waals surface area contributed by atoms with Crippen molar-refractivity contribution in [2.75, 3.05) is 7.11 Å². The second-order valence-electron chi connectivity index (χ2n) is 4.76. The fraction of sp³-hybridized carbons (Fsp3) is 0.533. The molecule has 0 aliphatic carbocycles. The number of carbonyl (C=O) groups excluding carboxylic acids is 1. The van der Waals surface area contributed by atoms with Gasteiger partial charge in [0, 0.05) is 0 Å². The molecule has 0 aromatic heterocycles. The maximum absolute atomic E-state index is 11.8. The van der Waals surface area contributed by atoms with Crippen molar-refractivity contribution in [1.29, 1.82) is 0 Å². The number of methoxy groups -OCH3 is 1. The highest BCUT2D eigenvalue weighted by Gasteiger charge is 2.16. The Bertz CT molecular complexity index is 539. The summed E-state index contributed by atoms with van der Waals surface area (Å²) < 4.78 is 26.8. The van der Waals surface area contributed by atoms with Crippen LogP contribution in [0.2, 0.25) is 0 Å². The fourth-order valence-corrected chi connectivity index (χ4v) is 2.88. The topological polar surface area (TPSA) is 60.4 Å². The summed E-state index contributed by atoms with van der Waals surface area (Å²) in [5, 5.41) is 0. The average molecular weight is 298 g/mol. The van der Waals surface area contributed by atoms with Gasteiger partial charge in [0.2, 0.25) is 0 Å². The van der Waals surface area contributed by atoms with Gasteiger partial charge >= 0.3 is 5.97 Å². The lowest BCUT2D eigenvalue weighted by Crippen LogP contribution is -2.09. The molecule has 0 aliphatic heterocycles. The Kier molecular flexibility index (Phi) is 6.71. The zero-order chi connectivity index (χ0) is 15.1. The Hall–Kier alpha value is -1.36. The summed E-state index contributed by atoms with van der Waals surface area (Å²) in [5.74, 6) is -0.431. The van der Waals surface area contributed by atoms with E-state index in [0.717, 1.165) is 36.8 Å². The Morgan fingerprint density at radius 3 is 2.15 bits per heavy atom. The normalized spacial score (nSPS) is 10.8. The Balaban J connectivity index is 3.37. The molecule has 0 unspecified atom stereocenters. The third-order valence-electron chi connectivity index (χ3n) is 3.17. The number of hydrogen-bond donors (Lipinski definition) is 1. The second kappa shape index (κ2) is 8.04. The van der Waals surface area contributed by atoms with E-state index in [2.05, 4.69) is 6.92 Å². The van der Waals surface area contributed by atoms with Crippen LogP contribution in [0.15, 0.2) is 12.1 Å². The van der Waals surface area contributed by atoms with Crippen molar-refractivity contribution in [3.63, 3.8) is 0 Å². The number of aryl methyl sites for hydroxylation is 2. The minimum atomic E-state index is -2.51. The monoisotopic (exact) mass is 298 g/mol. The third kappa shape index (κ3) is 4.34. The summed E-state index contributed by atoms with van der Waals surface area (Å²) >= 11 is 0. The number of benzene rings is 1. The van der Waals surface area contributed by atoms with Gasteiger partial charge in [-0.1, -0.05) is 32.8 Å². The quantitative estimate of drug-likeness (QED) is 0.620. The first-order chi connectivity index (χ1) is 9.53. The van der Waals surface area contributed by atoms with Crippen LogP contribution in [-0.4, -0.2) is 21.5 Å². The van der Waals surface area contributed by atoms with E-state index in [1.165, 1.54) is 7.11 Å². The standard InChI is InChI=1S/C15H22O4S/c1-4-6-11-8-12(7-5-2)14(15(16)19-3)9-13(11)10-20(17)18/h8-9,20H,4-7,10H2,1-3H3. The van der Waals surface area contributed by atoms with E-state index in [-0.39, 0.29) is 5.75 Å². The van der Waals surface area contributed by atoms with Gasteiger partial charge in [0.05, 0.1) is 18.4 Å². The summed E-state index contributed by atoms with van der Waals surface area (Å²) in [5.41, 5.74) is 3.15. The smallest absolute Gasteiger partial charge is 0.338 e. The van der Waals surface area contributed by atoms with Crippen LogP contribution in [0.25, 0.3) is 0 Å². The molecule has 1 aromatic carbocycles. The lowest BCUT2D eigenvalue weighted by Gasteiger charge is -2.13. The van der Waals surface area contributed by atoms with Crippen molar-refractivity contribution in [2.24, 2.45) is 0 Å². The highest BCUT2D eigenvalue weighted by atomic mass is 32.2. The van der Waals surface area contributed by atoms with Gasteiger partial charge in [-0.3, -0.25) is 0 Å². The SMILES string of the molecule is CCCc1cc(CCC)c(C(=O)OC)cc1C[SH](=O)=O. The van der Waals surface area contributed by atoms with Crippen molar-refractivity contribution < 1.29 is 17.9 Å². The third-order valence-corrected chi connectivity index (χ3v) is 3.77. The lowest BCUT2D eigenvalue weighted by atomic mass is 9.94. The molecular formula is C15H22O4S. The first-order valence-electron chi connectivity index (χ1n) is 6.88. The average Bonchev–Trinajstić information content (AvgIpc) is 2.40. The molecule has 0 spiro atoms. The lowest BCUT2D eigenvalue weighted by molar-refractivity contribution is 0.0599. The molecule has 1 aromatic rings. The molecule has 0 heterocycles. The molecule has 4 nitrogen and oxygen atoms in total. The number of carbonyl (C=O) groups is 1. The number of ether oxygens (including phenoxy) is 1. The first kappa shape index (κ1) is 16.7. The molecule has 20 heavy (non-hydrogen) atoms. The van der Waals surface area contributed by atoms with E-state index in [0.29, 0.717) is 11.1 Å². The maximum atomic E-state index is 11.8. The van der Waals surface area contributed by atoms with Gasteiger partial charge in [0.25, 0.3) is 0 Å². The van der Waals surface area contributed by atoms with Crippen molar-refractivity contribution >= 4 is 16.7 Å². The second-order valence-corrected chi connectivity index (χ2v) is 5.74. The number of hydrogen-bond acceptors (Lipinski definition) is 4. The predicted octanol–water partition coefficient (Wildman–Crippen LogP) is 2.49. The van der Waals surface area contributed by atoms with Crippen LogP contribution in [0.5, 0.6) is 0 Å². The molecule has 0 saturated heterocycles. The zero-order valence-electron chi connectivity index (χ0n) is 12.3. The largest absolute Gasteiger partial charge is 0.465 e. The zero-order valence-corrected chi connectivity index (χ0v) is 13.2. The maximum Gasteiger partial charge on any atom is 0.338 e. The van der Waals surface area contributed by atoms with Crippen LogP contribution in [0.1, 0.15) is 53.7 Å². The summed E-state index contributed by atoms with van der Waals surface area (Å²) in [7, 11) is -1.17. The van der Waals surface area contributed by atoms with Crippen LogP contribution in [-0.2, 0) is 34.0 Å². The van der Waals surface area contributed by atoms with Crippen molar-refractivity contribution in [3.05, 3.63) is 34.4 Å². The van der Waals surface area contributed by atoms with Gasteiger partial charge in [0.15, 0.2) is 0 Å². The molecule has 0 atom stereocenters. The van der Waals surface area contributed by atoms with Gasteiger partial charge in [-0.2, -0.15) is 0 Å². The summed E-state index contributed by atoms with van der Waals surface area (Å²) in [6.45, 7) is 4.09. The number of esters is 1. The number of rotatable bonds is 7. The predicted molar refractivity (Wildman–Crippen MR) is 79.8 cm³/mol. The van der Waals surface area contributed by atoms with E-state index in [4.69, 9.17) is 4.74 Å². The minimum absolute atomic E-state index is 0.0267. The molecule has 0 amide bonds. The van der Waals surface area contributed by atoms with Crippen molar-refractivity contribution in [1.82, 2.24) is 0 Å². The number of thiol groups is 1. The van der Waals surface area contributed by atoms with E-state index in [9.17, 15) is 13.2 Å². The van der Waals surface area contributed by atoms with Crippen LogP contribution in [0.4, 0.5) is 0 Å². The highest BCUT2D eigenvalue weighted by molar-refractivity contribution is 7.71. The van der Waals surface area contributed by atoms with E-state index in [1.807, 2.05) is 13.0 Å². The molecule has 5 heteroatoms. The van der Waals surface area contributed by atoms with E-state index < -0.39 is 16.7 Å². The van der Waals surface area contributed by atoms with Crippen LogP contribution in [0.3, 0.4) is 0 Å². The summed E-state index contributed by atoms with van der Waals surface area (Å²) in [4.78, 5) is 11.8. The molecule has 112 valence electrons. The van der Waals surface area contributed by atoms with Crippen LogP contribution < -0.4 is 0 Å². The van der Waals surface area contributed by atoms with Crippen LogP contribution in [0, 0.1) is 0 Å². The Labute approximate surface area is 122 Å². The first-order valence-corrected chi connectivity index (χ1v) is 8.24. The van der Waals surface area contributed by atoms with Gasteiger partial charge in [-0.05, 0) is 35.6 Å². The molecule has 0 N–H and O–H groups in total. The molecule has 1 rings (SSSR count). The Morgan fingerprint density at radius 2 is 1.65 bits per heavy atom. The molecule has 0 fully saturated rings. The van der Waals surface area contributed by atoms with Crippen molar-refractivity contribution in [3.8, 4) is 0 Å². The molecule has 0 saturated carbocycles. The highest BCUT2D eigenvalue weighted by Crippen LogP contribution is 2.22. The minimum Gasteiger partial charge on any atom is -0.465 e. The van der Waals surface area contributed by atoms with E-state index in [1.54, 1.807) is 6.07 Å². The summed E-state index contributed by atoms with van der Waals surface area (Å²) in [6, 6.07) is 3.65. The molecular weight excluding hydrogens is 276 g/mol. The summed E-state index contributed by atoms with van der Waals surface area (Å²) in [6.07, 6.45) is 3.46. The van der Waals surface area contributed by atoms with Gasteiger partial charge in [-0.25, -0.2) is 13.2 Å². The van der Waals surface area contributed by atoms with Crippen molar-refractivity contribution in [2.45, 2.75) is 45.3 Å². The molecule has 0 bridgehead atoms. The fourth-order valence-electron chi connectivity index (χ4n) is 2.30.